The van der Waals surface area contributed by atoms with Crippen molar-refractivity contribution in [3.63, 3.8) is 0 Å². The van der Waals surface area contributed by atoms with Crippen LogP contribution in [0.2, 0.25) is 0 Å². The Morgan fingerprint density at radius 2 is 1.64 bits per heavy atom. The lowest BCUT2D eigenvalue weighted by Gasteiger charge is -2.33. The molecule has 3 rings (SSSR count). The molecule has 0 bridgehead atoms. The highest BCUT2D eigenvalue weighted by atomic mass is 32.2. The number of hydrogen-bond acceptors (Lipinski definition) is 6. The van der Waals surface area contributed by atoms with E-state index in [4.69, 9.17) is 9.47 Å². The van der Waals surface area contributed by atoms with Crippen molar-refractivity contribution < 1.29 is 31.9 Å². The van der Waals surface area contributed by atoms with Gasteiger partial charge in [0, 0.05) is 19.2 Å². The predicted molar refractivity (Wildman–Crippen MR) is 160 cm³/mol. The van der Waals surface area contributed by atoms with Crippen LogP contribution in [-0.4, -0.2) is 58.5 Å². The molecule has 226 valence electrons. The van der Waals surface area contributed by atoms with Gasteiger partial charge in [-0.2, -0.15) is 0 Å². The maximum atomic E-state index is 14.1. The average molecular weight is 600 g/mol. The fourth-order valence-electron chi connectivity index (χ4n) is 4.53. The molecule has 0 aromatic heterocycles. The van der Waals surface area contributed by atoms with Crippen molar-refractivity contribution in [2.75, 3.05) is 31.6 Å². The van der Waals surface area contributed by atoms with Gasteiger partial charge in [0.1, 0.15) is 18.4 Å². The molecule has 0 aliphatic rings. The Morgan fingerprint density at radius 3 is 2.24 bits per heavy atom. The van der Waals surface area contributed by atoms with Crippen molar-refractivity contribution in [1.29, 1.82) is 0 Å². The standard InChI is InChI=1S/C31H38FN3O6S/c1-6-17-33-31(37)27(7-2)34(20-23-10-8-9-22(3)18-23)30(36)21-35(25-13-11-24(32)12-14-25)42(38,39)26-15-16-28(40-4)29(19-26)41-5/h8-16,18-19,27H,6-7,17,20-21H2,1-5H3,(H,33,37). The molecule has 0 aliphatic carbocycles. The van der Waals surface area contributed by atoms with Gasteiger partial charge in [0.2, 0.25) is 11.8 Å². The van der Waals surface area contributed by atoms with E-state index in [-0.39, 0.29) is 28.8 Å². The third-order valence-electron chi connectivity index (χ3n) is 6.71. The van der Waals surface area contributed by atoms with Gasteiger partial charge in [-0.15, -0.1) is 0 Å². The summed E-state index contributed by atoms with van der Waals surface area (Å²) in [7, 11) is -1.56. The van der Waals surface area contributed by atoms with Crippen molar-refractivity contribution >= 4 is 27.5 Å². The van der Waals surface area contributed by atoms with Crippen molar-refractivity contribution in [2.24, 2.45) is 0 Å². The number of amides is 2. The summed E-state index contributed by atoms with van der Waals surface area (Å²) in [5, 5.41) is 2.85. The van der Waals surface area contributed by atoms with E-state index in [2.05, 4.69) is 5.32 Å². The summed E-state index contributed by atoms with van der Waals surface area (Å²) in [5.41, 5.74) is 1.85. The fraction of sp³-hybridized carbons (Fsp3) is 0.355. The minimum Gasteiger partial charge on any atom is -0.493 e. The first-order chi connectivity index (χ1) is 20.0. The highest BCUT2D eigenvalue weighted by Crippen LogP contribution is 2.32. The Morgan fingerprint density at radius 1 is 0.952 bits per heavy atom. The SMILES string of the molecule is CCCNC(=O)C(CC)N(Cc1cccc(C)c1)C(=O)CN(c1ccc(F)cc1)S(=O)(=O)c1ccc(OC)c(OC)c1. The summed E-state index contributed by atoms with van der Waals surface area (Å²) in [6, 6.07) is 15.6. The minimum absolute atomic E-state index is 0.0820. The number of anilines is 1. The zero-order valence-corrected chi connectivity index (χ0v) is 25.4. The highest BCUT2D eigenvalue weighted by molar-refractivity contribution is 7.92. The van der Waals surface area contributed by atoms with E-state index in [0.29, 0.717) is 18.7 Å². The maximum absolute atomic E-state index is 14.1. The van der Waals surface area contributed by atoms with Gasteiger partial charge < -0.3 is 19.7 Å². The first-order valence-electron chi connectivity index (χ1n) is 13.7. The van der Waals surface area contributed by atoms with Crippen molar-refractivity contribution in [3.05, 3.63) is 83.7 Å². The number of ether oxygens (including phenoxy) is 2. The topological polar surface area (TPSA) is 105 Å². The molecule has 0 spiro atoms. The number of halogens is 1. The molecule has 0 heterocycles. The highest BCUT2D eigenvalue weighted by Gasteiger charge is 2.34. The molecule has 42 heavy (non-hydrogen) atoms. The third-order valence-corrected chi connectivity index (χ3v) is 8.48. The Kier molecular flexibility index (Phi) is 11.3. The summed E-state index contributed by atoms with van der Waals surface area (Å²) < 4.78 is 53.4. The quantitative estimate of drug-likeness (QED) is 0.289. The van der Waals surface area contributed by atoms with Crippen LogP contribution in [0.15, 0.2) is 71.6 Å². The van der Waals surface area contributed by atoms with Crippen LogP contribution >= 0.6 is 0 Å². The van der Waals surface area contributed by atoms with Crippen molar-refractivity contribution in [2.45, 2.75) is 51.1 Å². The Labute approximate surface area is 247 Å². The molecule has 9 nitrogen and oxygen atoms in total. The Balaban J connectivity index is 2.09. The van der Waals surface area contributed by atoms with Crippen LogP contribution in [0.5, 0.6) is 11.5 Å². The van der Waals surface area contributed by atoms with E-state index in [0.717, 1.165) is 34.0 Å². The average Bonchev–Trinajstić information content (AvgIpc) is 2.98. The Bertz CT molecular complexity index is 1480. The Hall–Kier alpha value is -4.12. The second-order valence-corrected chi connectivity index (χ2v) is 11.6. The van der Waals surface area contributed by atoms with Crippen LogP contribution in [0, 0.1) is 12.7 Å². The lowest BCUT2D eigenvalue weighted by Crippen LogP contribution is -2.52. The fourth-order valence-corrected chi connectivity index (χ4v) is 5.96. The van der Waals surface area contributed by atoms with Gasteiger partial charge in [-0.05, 0) is 61.7 Å². The smallest absolute Gasteiger partial charge is 0.264 e. The lowest BCUT2D eigenvalue weighted by molar-refractivity contribution is -0.140. The molecule has 1 N–H and O–H groups in total. The van der Waals surface area contributed by atoms with Gasteiger partial charge in [0.15, 0.2) is 11.5 Å². The molecule has 0 radical (unpaired) electrons. The zero-order valence-electron chi connectivity index (χ0n) is 24.6. The van der Waals surface area contributed by atoms with E-state index in [1.165, 1.54) is 49.5 Å². The number of nitrogens with zero attached hydrogens (tertiary/aromatic N) is 2. The largest absolute Gasteiger partial charge is 0.493 e. The molecule has 0 aliphatic heterocycles. The first-order valence-corrected chi connectivity index (χ1v) is 15.1. The van der Waals surface area contributed by atoms with Gasteiger partial charge in [-0.3, -0.25) is 13.9 Å². The van der Waals surface area contributed by atoms with E-state index in [1.54, 1.807) is 6.92 Å². The predicted octanol–water partition coefficient (Wildman–Crippen LogP) is 4.68. The summed E-state index contributed by atoms with van der Waals surface area (Å²) in [6.07, 6.45) is 1.03. The number of benzene rings is 3. The minimum atomic E-state index is -4.37. The molecular weight excluding hydrogens is 561 g/mol. The van der Waals surface area contributed by atoms with Crippen molar-refractivity contribution in [1.82, 2.24) is 10.2 Å². The molecule has 0 fully saturated rings. The molecule has 1 unspecified atom stereocenters. The molecule has 2 amide bonds. The zero-order chi connectivity index (χ0) is 30.9. The van der Waals surface area contributed by atoms with Crippen LogP contribution in [0.1, 0.15) is 37.8 Å². The molecule has 0 saturated carbocycles. The van der Waals surface area contributed by atoms with Crippen LogP contribution in [0.25, 0.3) is 0 Å². The number of rotatable bonds is 14. The molecule has 3 aromatic carbocycles. The van der Waals surface area contributed by atoms with Crippen LogP contribution in [0.3, 0.4) is 0 Å². The monoisotopic (exact) mass is 599 g/mol. The number of aryl methyl sites for hydroxylation is 1. The van der Waals surface area contributed by atoms with Crippen molar-refractivity contribution in [3.8, 4) is 11.5 Å². The van der Waals surface area contributed by atoms with Gasteiger partial charge in [-0.1, -0.05) is 43.7 Å². The van der Waals surface area contributed by atoms with Gasteiger partial charge in [-0.25, -0.2) is 12.8 Å². The molecular formula is C31H38FN3O6S. The number of carbonyl (C=O) groups is 2. The number of nitrogens with one attached hydrogen (secondary N) is 1. The second kappa shape index (κ2) is 14.7. The molecule has 0 saturated heterocycles. The van der Waals surface area contributed by atoms with Gasteiger partial charge in [0.25, 0.3) is 10.0 Å². The van der Waals surface area contributed by atoms with Gasteiger partial charge >= 0.3 is 0 Å². The second-order valence-electron chi connectivity index (χ2n) is 9.73. The number of sulfonamides is 1. The van der Waals surface area contributed by atoms with Crippen LogP contribution < -0.4 is 19.1 Å². The maximum Gasteiger partial charge on any atom is 0.264 e. The van der Waals surface area contributed by atoms with E-state index >= 15 is 0 Å². The lowest BCUT2D eigenvalue weighted by atomic mass is 10.1. The van der Waals surface area contributed by atoms with Gasteiger partial charge in [0.05, 0.1) is 24.8 Å². The molecule has 3 aromatic rings. The van der Waals surface area contributed by atoms with E-state index < -0.39 is 34.3 Å². The van der Waals surface area contributed by atoms with E-state index in [9.17, 15) is 22.4 Å². The summed E-state index contributed by atoms with van der Waals surface area (Å²) >= 11 is 0. The van der Waals surface area contributed by atoms with Crippen LogP contribution in [-0.2, 0) is 26.2 Å². The van der Waals surface area contributed by atoms with Crippen LogP contribution in [0.4, 0.5) is 10.1 Å². The normalized spacial score (nSPS) is 11.9. The third kappa shape index (κ3) is 7.79. The van der Waals surface area contributed by atoms with E-state index in [1.807, 2.05) is 38.1 Å². The summed E-state index contributed by atoms with van der Waals surface area (Å²) in [6.45, 7) is 5.54. The molecule has 1 atom stereocenters. The number of carbonyl (C=O) groups excluding carboxylic acids is 2. The molecule has 11 heteroatoms. The first kappa shape index (κ1) is 32.4. The number of hydrogen-bond donors (Lipinski definition) is 1. The summed E-state index contributed by atoms with van der Waals surface area (Å²) in [5.74, 6) is -0.967. The summed E-state index contributed by atoms with van der Waals surface area (Å²) in [4.78, 5) is 28.5. The number of methoxy groups -OCH3 is 2.